The molecule has 14 aromatic rings. The number of hydrogen-bond acceptors (Lipinski definition) is 2. The monoisotopic (exact) mass is 790 g/mol. The lowest BCUT2D eigenvalue weighted by atomic mass is 9.99. The molecule has 62 heavy (non-hydrogen) atoms. The van der Waals surface area contributed by atoms with Gasteiger partial charge in [0.25, 0.3) is 0 Å². The van der Waals surface area contributed by atoms with E-state index in [1.165, 1.54) is 27.4 Å². The SMILES string of the molecule is c1ccc(-n2c3ccccc3c3cc(-c4ccc5c(c4)c4c6c(ccc4n5-c4ccccc4)n4c5ccccc5nc4c4ccccc4n4c5ccccc5nc64)ccc32)cc1. The van der Waals surface area contributed by atoms with E-state index in [4.69, 9.17) is 9.97 Å². The van der Waals surface area contributed by atoms with E-state index in [1.54, 1.807) is 0 Å². The van der Waals surface area contributed by atoms with Gasteiger partial charge >= 0.3 is 0 Å². The maximum atomic E-state index is 5.56. The molecule has 0 saturated carbocycles. The highest BCUT2D eigenvalue weighted by molar-refractivity contribution is 6.26. The van der Waals surface area contributed by atoms with Crippen LogP contribution in [0.25, 0.3) is 121 Å². The number of fused-ring (bicyclic) bond motifs is 19. The molecule has 0 radical (unpaired) electrons. The van der Waals surface area contributed by atoms with Gasteiger partial charge in [-0.2, -0.15) is 0 Å². The summed E-state index contributed by atoms with van der Waals surface area (Å²) in [6, 6.07) is 74.3. The molecule has 0 bridgehead atoms. The second-order valence-corrected chi connectivity index (χ2v) is 16.2. The zero-order chi connectivity index (χ0) is 40.5. The fraction of sp³-hybridized carbons (Fsp3) is 0. The van der Waals surface area contributed by atoms with Gasteiger partial charge < -0.3 is 9.13 Å². The Balaban J connectivity index is 1.18. The first-order chi connectivity index (χ1) is 30.8. The smallest absolute Gasteiger partial charge is 0.148 e. The van der Waals surface area contributed by atoms with Crippen LogP contribution < -0.4 is 0 Å². The van der Waals surface area contributed by atoms with E-state index < -0.39 is 0 Å². The first-order valence-electron chi connectivity index (χ1n) is 21.1. The summed E-state index contributed by atoms with van der Waals surface area (Å²) in [5.41, 5.74) is 17.1. The standard InChI is InChI=1S/C56H34N6/c1-3-15-37(16-4-1)59-45-23-11-7-19-39(45)41-33-35(27-29-47(41)59)36-28-30-48-42(34-36)53-51(60(48)38-17-5-2-6-18-38)31-32-52-54(53)56-58-44-22-10-13-25-49(44)61(56)46-24-12-8-20-40(46)55-57-43-21-9-14-26-50(43)62(52)55/h1-34H. The van der Waals surface area contributed by atoms with E-state index in [0.29, 0.717) is 0 Å². The summed E-state index contributed by atoms with van der Waals surface area (Å²) in [4.78, 5) is 10.9. The van der Waals surface area contributed by atoms with E-state index in [-0.39, 0.29) is 0 Å². The van der Waals surface area contributed by atoms with Crippen LogP contribution in [0.2, 0.25) is 0 Å². The van der Waals surface area contributed by atoms with E-state index >= 15 is 0 Å². The number of para-hydroxylation sites is 8. The molecule has 14 rings (SSSR count). The lowest BCUT2D eigenvalue weighted by Crippen LogP contribution is -1.96. The summed E-state index contributed by atoms with van der Waals surface area (Å²) in [5.74, 6) is 0. The van der Waals surface area contributed by atoms with Crippen molar-refractivity contribution >= 4 is 98.8 Å². The molecule has 5 aromatic heterocycles. The molecule has 0 fully saturated rings. The molecule has 5 heterocycles. The second kappa shape index (κ2) is 12.5. The van der Waals surface area contributed by atoms with Gasteiger partial charge in [-0.15, -0.1) is 0 Å². The Kier molecular flexibility index (Phi) is 6.74. The third kappa shape index (κ3) is 4.52. The molecule has 0 aliphatic carbocycles. The number of benzene rings is 9. The van der Waals surface area contributed by atoms with Crippen molar-refractivity contribution in [3.8, 4) is 22.5 Å². The largest absolute Gasteiger partial charge is 0.309 e. The molecule has 0 saturated heterocycles. The third-order valence-electron chi connectivity index (χ3n) is 12.9. The maximum absolute atomic E-state index is 5.56. The van der Waals surface area contributed by atoms with Gasteiger partial charge in [0.2, 0.25) is 0 Å². The van der Waals surface area contributed by atoms with Crippen LogP contribution in [0, 0.1) is 0 Å². The van der Waals surface area contributed by atoms with Gasteiger partial charge in [0, 0.05) is 38.3 Å². The van der Waals surface area contributed by atoms with Crippen molar-refractivity contribution in [3.05, 3.63) is 206 Å². The highest BCUT2D eigenvalue weighted by Gasteiger charge is 2.22. The quantitative estimate of drug-likeness (QED) is 0.179. The van der Waals surface area contributed by atoms with Crippen LogP contribution >= 0.6 is 0 Å². The van der Waals surface area contributed by atoms with Crippen molar-refractivity contribution in [3.63, 3.8) is 0 Å². The normalized spacial score (nSPS) is 12.2. The van der Waals surface area contributed by atoms with Crippen LogP contribution in [0.5, 0.6) is 0 Å². The fourth-order valence-electron chi connectivity index (χ4n) is 10.3. The lowest BCUT2D eigenvalue weighted by molar-refractivity contribution is 1.18. The molecular weight excluding hydrogens is 757 g/mol. The molecule has 6 heteroatoms. The number of imidazole rings is 2. The first-order valence-corrected chi connectivity index (χ1v) is 21.1. The fourth-order valence-corrected chi connectivity index (χ4v) is 10.3. The van der Waals surface area contributed by atoms with Gasteiger partial charge in [0.1, 0.15) is 11.3 Å². The summed E-state index contributed by atoms with van der Waals surface area (Å²) in [6.07, 6.45) is 0. The van der Waals surface area contributed by atoms with Crippen molar-refractivity contribution in [1.82, 2.24) is 27.9 Å². The molecule has 288 valence electrons. The van der Waals surface area contributed by atoms with Crippen LogP contribution in [0.15, 0.2) is 206 Å². The van der Waals surface area contributed by atoms with Crippen molar-refractivity contribution < 1.29 is 0 Å². The maximum Gasteiger partial charge on any atom is 0.148 e. The number of rotatable bonds is 3. The van der Waals surface area contributed by atoms with Gasteiger partial charge in [-0.3, -0.25) is 8.80 Å². The molecule has 0 N–H and O–H groups in total. The van der Waals surface area contributed by atoms with Crippen LogP contribution in [-0.2, 0) is 0 Å². The topological polar surface area (TPSA) is 44.5 Å². The molecule has 6 nitrogen and oxygen atoms in total. The van der Waals surface area contributed by atoms with Crippen LogP contribution in [-0.4, -0.2) is 27.9 Å². The highest BCUT2D eigenvalue weighted by atomic mass is 15.1. The van der Waals surface area contributed by atoms with Crippen molar-refractivity contribution in [1.29, 1.82) is 0 Å². The molecular formula is C56H34N6. The third-order valence-corrected chi connectivity index (χ3v) is 12.9. The van der Waals surface area contributed by atoms with Crippen molar-refractivity contribution in [2.45, 2.75) is 0 Å². The molecule has 0 amide bonds. The molecule has 0 aliphatic rings. The lowest BCUT2D eigenvalue weighted by Gasteiger charge is -2.10. The Morgan fingerprint density at radius 3 is 1.40 bits per heavy atom. The number of aromatic nitrogens is 6. The Labute approximate surface area is 354 Å². The Bertz CT molecular complexity index is 4200. The summed E-state index contributed by atoms with van der Waals surface area (Å²) in [6.45, 7) is 0. The van der Waals surface area contributed by atoms with E-state index in [1.807, 2.05) is 0 Å². The first kappa shape index (κ1) is 33.4. The van der Waals surface area contributed by atoms with Crippen molar-refractivity contribution in [2.24, 2.45) is 0 Å². The molecule has 0 spiro atoms. The van der Waals surface area contributed by atoms with Gasteiger partial charge in [0.15, 0.2) is 0 Å². The molecule has 0 aliphatic heterocycles. The highest BCUT2D eigenvalue weighted by Crippen LogP contribution is 2.43. The summed E-state index contributed by atoms with van der Waals surface area (Å²) in [5, 5.41) is 6.88. The van der Waals surface area contributed by atoms with Gasteiger partial charge in [0.05, 0.1) is 60.6 Å². The zero-order valence-corrected chi connectivity index (χ0v) is 33.3. The number of hydrogen-bond donors (Lipinski definition) is 0. The van der Waals surface area contributed by atoms with Crippen LogP contribution in [0.1, 0.15) is 0 Å². The summed E-state index contributed by atoms with van der Waals surface area (Å²) >= 11 is 0. The average Bonchev–Trinajstić information content (AvgIpc) is 4.09. The van der Waals surface area contributed by atoms with Gasteiger partial charge in [-0.25, -0.2) is 9.97 Å². The van der Waals surface area contributed by atoms with E-state index in [9.17, 15) is 0 Å². The van der Waals surface area contributed by atoms with Crippen LogP contribution in [0.3, 0.4) is 0 Å². The Morgan fingerprint density at radius 1 is 0.274 bits per heavy atom. The Morgan fingerprint density at radius 2 is 0.726 bits per heavy atom. The van der Waals surface area contributed by atoms with E-state index in [2.05, 4.69) is 224 Å². The minimum atomic E-state index is 0.898. The van der Waals surface area contributed by atoms with Gasteiger partial charge in [-0.1, -0.05) is 103 Å². The second-order valence-electron chi connectivity index (χ2n) is 16.2. The predicted octanol–water partition coefficient (Wildman–Crippen LogP) is 14.0. The number of nitrogens with zero attached hydrogens (tertiary/aromatic N) is 6. The Hall–Kier alpha value is -8.48. The summed E-state index contributed by atoms with van der Waals surface area (Å²) < 4.78 is 9.51. The van der Waals surface area contributed by atoms with E-state index in [0.717, 1.165) is 93.9 Å². The zero-order valence-electron chi connectivity index (χ0n) is 33.3. The average molecular weight is 791 g/mol. The molecule has 0 unspecified atom stereocenters. The van der Waals surface area contributed by atoms with Crippen molar-refractivity contribution in [2.75, 3.05) is 0 Å². The summed E-state index contributed by atoms with van der Waals surface area (Å²) in [7, 11) is 0. The molecule has 9 aromatic carbocycles. The van der Waals surface area contributed by atoms with Gasteiger partial charge in [-0.05, 0) is 114 Å². The minimum absolute atomic E-state index is 0.898. The van der Waals surface area contributed by atoms with Crippen LogP contribution in [0.4, 0.5) is 0 Å². The minimum Gasteiger partial charge on any atom is -0.309 e. The predicted molar refractivity (Wildman–Crippen MR) is 257 cm³/mol. The molecule has 0 atom stereocenters.